The van der Waals surface area contributed by atoms with Gasteiger partial charge in [-0.1, -0.05) is 0 Å². The van der Waals surface area contributed by atoms with E-state index in [2.05, 4.69) is 10.6 Å². The molecule has 0 aliphatic carbocycles. The van der Waals surface area contributed by atoms with Gasteiger partial charge in [-0.15, -0.1) is 0 Å². The lowest BCUT2D eigenvalue weighted by atomic mass is 10.4. The Morgan fingerprint density at radius 3 is 1.12 bits per heavy atom. The van der Waals surface area contributed by atoms with Gasteiger partial charge in [-0.05, 0) is 0 Å². The monoisotopic (exact) mass is 356 g/mol. The number of nitrogens with zero attached hydrogens (tertiary/aromatic N) is 2. The molecule has 0 unspecified atom stereocenters. The third-order valence-corrected chi connectivity index (χ3v) is 2.03. The largest absolute Gasteiger partial charge is 0.356 e. The Labute approximate surface area is 138 Å². The number of hydrogen-bond acceptors (Lipinski definition) is 8. The third-order valence-electron chi connectivity index (χ3n) is 2.03. The lowest BCUT2D eigenvalue weighted by molar-refractivity contribution is -0.856. The van der Waals surface area contributed by atoms with Crippen molar-refractivity contribution < 1.29 is 29.6 Å². The van der Waals surface area contributed by atoms with Crippen molar-refractivity contribution in [2.24, 2.45) is 0 Å². The van der Waals surface area contributed by atoms with E-state index in [4.69, 9.17) is 30.6 Å². The molecule has 142 valence electrons. The molecule has 0 aliphatic heterocycles. The van der Waals surface area contributed by atoms with Crippen molar-refractivity contribution in [1.29, 1.82) is 0 Å². The molecule has 4 N–H and O–H groups in total. The molecule has 0 bridgehead atoms. The number of nitrogens with one attached hydrogen (secondary N) is 4. The van der Waals surface area contributed by atoms with Gasteiger partial charge in [0.2, 0.25) is 0 Å². The number of carbonyl (C=O) groups is 2. The maximum atomic E-state index is 11.3. The number of hydrogen-bond donors (Lipinski definition) is 4. The second kappa shape index (κ2) is 16.6. The zero-order valence-electron chi connectivity index (χ0n) is 14.0. The van der Waals surface area contributed by atoms with E-state index in [0.717, 1.165) is 13.1 Å². The maximum Gasteiger partial charge on any atom is 0.309 e. The molecule has 14 nitrogen and oxygen atoms in total. The number of rotatable bonds is 6. The molecule has 24 heavy (non-hydrogen) atoms. The Bertz CT molecular complexity index is 346. The molecule has 0 fully saturated rings. The van der Waals surface area contributed by atoms with Crippen LogP contribution in [0.15, 0.2) is 0 Å². The summed E-state index contributed by atoms with van der Waals surface area (Å²) in [7, 11) is 7.97. The zero-order chi connectivity index (χ0) is 19.7. The van der Waals surface area contributed by atoms with Gasteiger partial charge in [0.1, 0.15) is 0 Å². The average Bonchev–Trinajstić information content (AvgIpc) is 2.36. The van der Waals surface area contributed by atoms with Gasteiger partial charge in [0.25, 0.3) is 0 Å². The maximum absolute atomic E-state index is 11.3. The van der Waals surface area contributed by atoms with Crippen molar-refractivity contribution in [3.8, 4) is 0 Å². The van der Waals surface area contributed by atoms with Gasteiger partial charge in [0.15, 0.2) is 0 Å². The van der Waals surface area contributed by atoms with E-state index < -0.39 is 22.0 Å². The molecule has 14 heteroatoms. The fourth-order valence-electron chi connectivity index (χ4n) is 1.01. The summed E-state index contributed by atoms with van der Waals surface area (Å²) in [5.74, 6) is -1.09. The Kier molecular flexibility index (Phi) is 18.1. The Hall–Kier alpha value is -2.74. The summed E-state index contributed by atoms with van der Waals surface area (Å²) in [6.07, 6.45) is 0. The fourth-order valence-corrected chi connectivity index (χ4v) is 1.01. The van der Waals surface area contributed by atoms with Crippen LogP contribution in [0.2, 0.25) is 0 Å². The normalized spacial score (nSPS) is 9.08. The summed E-state index contributed by atoms with van der Waals surface area (Å²) in [6, 6.07) is 0. The first-order valence-corrected chi connectivity index (χ1v) is 6.67. The minimum absolute atomic E-state index is 0.521. The van der Waals surface area contributed by atoms with Crippen molar-refractivity contribution in [2.45, 2.75) is 0 Å². The summed E-state index contributed by atoms with van der Waals surface area (Å²) >= 11 is 0. The van der Waals surface area contributed by atoms with E-state index in [-0.39, 0.29) is 0 Å². The Balaban J connectivity index is -0.000000457. The van der Waals surface area contributed by atoms with Crippen LogP contribution in [0.1, 0.15) is 0 Å². The van der Waals surface area contributed by atoms with E-state index >= 15 is 0 Å². The molecule has 0 rings (SSSR count). The first-order valence-electron chi connectivity index (χ1n) is 6.67. The van der Waals surface area contributed by atoms with Crippen LogP contribution in [-0.4, -0.2) is 76.4 Å². The van der Waals surface area contributed by atoms with E-state index in [1.165, 1.54) is 9.80 Å². The highest BCUT2D eigenvalue weighted by molar-refractivity contribution is 6.35. The standard InChI is InChI=1S/C10H22N4O2.2NO3/c1-13(2)7-5-11-9(15)10(16)12-6-8-14(3)4;2*2-1(3)4/h5-8H2,1-4H3,(H,11,15)(H,12,16);;/q;2*-1/p+2. The predicted octanol–water partition coefficient (Wildman–Crippen LogP) is -4.97. The molecule has 0 spiro atoms. The molecule has 0 radical (unpaired) electrons. The van der Waals surface area contributed by atoms with Gasteiger partial charge in [0.05, 0.1) is 64.5 Å². The lowest BCUT2D eigenvalue weighted by Crippen LogP contribution is -3.06. The van der Waals surface area contributed by atoms with Crippen molar-refractivity contribution in [3.05, 3.63) is 30.6 Å². The van der Waals surface area contributed by atoms with Crippen LogP contribution in [0.3, 0.4) is 0 Å². The molecule has 0 atom stereocenters. The highest BCUT2D eigenvalue weighted by Crippen LogP contribution is 1.66. The Morgan fingerprint density at radius 2 is 0.958 bits per heavy atom. The number of quaternary nitrogens is 2. The van der Waals surface area contributed by atoms with E-state index in [0.29, 0.717) is 13.1 Å². The first kappa shape index (κ1) is 26.2. The lowest BCUT2D eigenvalue weighted by Gasteiger charge is -2.09. The molecular weight excluding hydrogens is 332 g/mol. The number of carbonyl (C=O) groups excluding carboxylic acids is 2. The van der Waals surface area contributed by atoms with Crippen molar-refractivity contribution in [1.82, 2.24) is 10.6 Å². The second-order valence-electron chi connectivity index (χ2n) is 4.87. The van der Waals surface area contributed by atoms with Crippen LogP contribution < -0.4 is 20.4 Å². The van der Waals surface area contributed by atoms with Crippen LogP contribution in [0, 0.1) is 30.6 Å². The number of amides is 2. The van der Waals surface area contributed by atoms with Gasteiger partial charge < -0.3 is 51.1 Å². The van der Waals surface area contributed by atoms with Crippen molar-refractivity contribution in [3.63, 3.8) is 0 Å². The van der Waals surface area contributed by atoms with Gasteiger partial charge in [-0.3, -0.25) is 9.59 Å². The van der Waals surface area contributed by atoms with Gasteiger partial charge in [0, 0.05) is 0 Å². The van der Waals surface area contributed by atoms with E-state index in [9.17, 15) is 9.59 Å². The van der Waals surface area contributed by atoms with Crippen LogP contribution in [0.5, 0.6) is 0 Å². The smallest absolute Gasteiger partial charge is 0.309 e. The molecule has 2 amide bonds. The molecule has 0 saturated heterocycles. The molecular formula is C10H24N6O8. The first-order chi connectivity index (χ1) is 10.9. The van der Waals surface area contributed by atoms with Crippen LogP contribution in [0.25, 0.3) is 0 Å². The quantitative estimate of drug-likeness (QED) is 0.206. The molecule has 0 aromatic rings. The summed E-state index contributed by atoms with van der Waals surface area (Å²) < 4.78 is 0. The summed E-state index contributed by atoms with van der Waals surface area (Å²) in [5.41, 5.74) is 0. The summed E-state index contributed by atoms with van der Waals surface area (Å²) in [4.78, 5) is 41.5. The van der Waals surface area contributed by atoms with Crippen LogP contribution >= 0.6 is 0 Å². The predicted molar refractivity (Wildman–Crippen MR) is 82.1 cm³/mol. The van der Waals surface area contributed by atoms with Crippen LogP contribution in [-0.2, 0) is 9.59 Å². The highest BCUT2D eigenvalue weighted by atomic mass is 16.9. The molecule has 0 aliphatic rings. The molecule has 0 heterocycles. The zero-order valence-corrected chi connectivity index (χ0v) is 14.0. The molecule has 0 aromatic heterocycles. The molecule has 0 saturated carbocycles. The fraction of sp³-hybridized carbons (Fsp3) is 0.800. The van der Waals surface area contributed by atoms with E-state index in [1.807, 2.05) is 28.2 Å². The van der Waals surface area contributed by atoms with E-state index in [1.54, 1.807) is 0 Å². The topological polar surface area (TPSA) is 199 Å². The average molecular weight is 356 g/mol. The van der Waals surface area contributed by atoms with Gasteiger partial charge >= 0.3 is 11.8 Å². The number of likely N-dealkylation sites (N-methyl/N-ethyl adjacent to an activating group) is 2. The van der Waals surface area contributed by atoms with Gasteiger partial charge in [-0.2, -0.15) is 0 Å². The van der Waals surface area contributed by atoms with Crippen LogP contribution in [0.4, 0.5) is 0 Å². The minimum atomic E-state index is -1.75. The second-order valence-corrected chi connectivity index (χ2v) is 4.87. The van der Waals surface area contributed by atoms with Gasteiger partial charge in [-0.25, -0.2) is 0 Å². The third kappa shape index (κ3) is 36.5. The summed E-state index contributed by atoms with van der Waals surface area (Å²) in [5, 5.41) is 34.6. The minimum Gasteiger partial charge on any atom is -0.356 e. The molecule has 0 aromatic carbocycles. The highest BCUT2D eigenvalue weighted by Gasteiger charge is 2.12. The summed E-state index contributed by atoms with van der Waals surface area (Å²) in [6.45, 7) is 2.66. The Morgan fingerprint density at radius 1 is 0.750 bits per heavy atom. The van der Waals surface area contributed by atoms with Crippen molar-refractivity contribution in [2.75, 3.05) is 54.4 Å². The SMILES string of the molecule is C[NH+](C)CCNC(=O)C(=O)NCC[NH+](C)C.O=[N+]([O-])[O-].O=[N+]([O-])[O-]. The van der Waals surface area contributed by atoms with Crippen molar-refractivity contribution >= 4 is 11.8 Å².